The summed E-state index contributed by atoms with van der Waals surface area (Å²) in [4.78, 5) is 26.8. The van der Waals surface area contributed by atoms with Gasteiger partial charge in [0, 0.05) is 24.8 Å². The minimum Gasteiger partial charge on any atom is -0.325 e. The molecule has 36 heavy (non-hydrogen) atoms. The zero-order valence-electron chi connectivity index (χ0n) is 20.7. The van der Waals surface area contributed by atoms with Gasteiger partial charge in [-0.05, 0) is 65.8 Å². The lowest BCUT2D eigenvalue weighted by molar-refractivity contribution is -0.118. The number of rotatable bonds is 8. The van der Waals surface area contributed by atoms with Gasteiger partial charge in [-0.2, -0.15) is 4.72 Å². The second-order valence-corrected chi connectivity index (χ2v) is 11.1. The van der Waals surface area contributed by atoms with Crippen molar-refractivity contribution in [1.29, 1.82) is 0 Å². The standard InChI is InChI=1S/C28H31N3O4S/c1-19(2)22-9-11-24(12-10-22)29-28(33)26(17-21-7-5-4-6-8-21)30-36(34,35)25-13-14-27-23(18-25)15-16-31(27)20(3)32/h4-14,18-19,26,30H,15-17H2,1-3H3,(H,29,33). The summed E-state index contributed by atoms with van der Waals surface area (Å²) in [5.74, 6) is -0.158. The molecule has 0 saturated carbocycles. The van der Waals surface area contributed by atoms with Crippen LogP contribution in [0.15, 0.2) is 77.7 Å². The monoisotopic (exact) mass is 505 g/mol. The lowest BCUT2D eigenvalue weighted by atomic mass is 10.0. The number of sulfonamides is 1. The second-order valence-electron chi connectivity index (χ2n) is 9.34. The van der Waals surface area contributed by atoms with E-state index in [1.54, 1.807) is 17.0 Å². The maximum Gasteiger partial charge on any atom is 0.242 e. The van der Waals surface area contributed by atoms with E-state index in [9.17, 15) is 18.0 Å². The number of hydrogen-bond donors (Lipinski definition) is 2. The third-order valence-electron chi connectivity index (χ3n) is 6.38. The number of carbonyl (C=O) groups excluding carboxylic acids is 2. The van der Waals surface area contributed by atoms with Gasteiger partial charge in [0.15, 0.2) is 0 Å². The van der Waals surface area contributed by atoms with Gasteiger partial charge in [0.1, 0.15) is 6.04 Å². The Balaban J connectivity index is 1.57. The van der Waals surface area contributed by atoms with Crippen LogP contribution in [0.1, 0.15) is 43.4 Å². The number of anilines is 2. The fourth-order valence-electron chi connectivity index (χ4n) is 4.35. The van der Waals surface area contributed by atoms with E-state index in [-0.39, 0.29) is 17.2 Å². The highest BCUT2D eigenvalue weighted by atomic mass is 32.2. The third-order valence-corrected chi connectivity index (χ3v) is 7.85. The molecule has 1 aliphatic rings. The molecule has 0 bridgehead atoms. The molecule has 0 aliphatic carbocycles. The summed E-state index contributed by atoms with van der Waals surface area (Å²) in [6, 6.07) is 20.5. The van der Waals surface area contributed by atoms with E-state index in [4.69, 9.17) is 0 Å². The fourth-order valence-corrected chi connectivity index (χ4v) is 5.59. The summed E-state index contributed by atoms with van der Waals surface area (Å²) in [7, 11) is -4.01. The number of benzene rings is 3. The van der Waals surface area contributed by atoms with E-state index >= 15 is 0 Å². The summed E-state index contributed by atoms with van der Waals surface area (Å²) in [6.07, 6.45) is 0.775. The highest BCUT2D eigenvalue weighted by molar-refractivity contribution is 7.89. The normalized spacial score (nSPS) is 13.9. The predicted molar refractivity (Wildman–Crippen MR) is 142 cm³/mol. The first-order chi connectivity index (χ1) is 17.1. The van der Waals surface area contributed by atoms with Gasteiger partial charge in [-0.15, -0.1) is 0 Å². The minimum absolute atomic E-state index is 0.0683. The lowest BCUT2D eigenvalue weighted by Crippen LogP contribution is -2.45. The molecule has 1 aliphatic heterocycles. The van der Waals surface area contributed by atoms with Gasteiger partial charge >= 0.3 is 0 Å². The van der Waals surface area contributed by atoms with Gasteiger partial charge in [0.2, 0.25) is 21.8 Å². The zero-order chi connectivity index (χ0) is 25.9. The Bertz CT molecular complexity index is 1350. The number of carbonyl (C=O) groups is 2. The number of hydrogen-bond acceptors (Lipinski definition) is 4. The second kappa shape index (κ2) is 10.6. The molecule has 7 nitrogen and oxygen atoms in total. The smallest absolute Gasteiger partial charge is 0.242 e. The van der Waals surface area contributed by atoms with E-state index in [0.717, 1.165) is 22.4 Å². The molecule has 1 unspecified atom stereocenters. The van der Waals surface area contributed by atoms with E-state index in [1.807, 2.05) is 54.6 Å². The Morgan fingerprint density at radius 1 is 0.972 bits per heavy atom. The quantitative estimate of drug-likeness (QED) is 0.479. The number of fused-ring (bicyclic) bond motifs is 1. The molecule has 1 atom stereocenters. The molecule has 3 aromatic carbocycles. The molecule has 188 valence electrons. The van der Waals surface area contributed by atoms with Crippen molar-refractivity contribution in [2.45, 2.75) is 50.5 Å². The molecule has 0 aromatic heterocycles. The third kappa shape index (κ3) is 5.83. The predicted octanol–water partition coefficient (Wildman–Crippen LogP) is 4.25. The Labute approximate surface area is 212 Å². The molecule has 4 rings (SSSR count). The van der Waals surface area contributed by atoms with Crippen LogP contribution in [0.25, 0.3) is 0 Å². The average molecular weight is 506 g/mol. The molecule has 2 N–H and O–H groups in total. The van der Waals surface area contributed by atoms with Gasteiger partial charge in [0.25, 0.3) is 0 Å². The number of nitrogens with one attached hydrogen (secondary N) is 2. The summed E-state index contributed by atoms with van der Waals surface area (Å²) in [5, 5.41) is 2.85. The van der Waals surface area contributed by atoms with E-state index in [1.165, 1.54) is 13.0 Å². The highest BCUT2D eigenvalue weighted by Gasteiger charge is 2.29. The van der Waals surface area contributed by atoms with Crippen molar-refractivity contribution in [1.82, 2.24) is 4.72 Å². The largest absolute Gasteiger partial charge is 0.325 e. The topological polar surface area (TPSA) is 95.6 Å². The summed E-state index contributed by atoms with van der Waals surface area (Å²) < 4.78 is 29.3. The lowest BCUT2D eigenvalue weighted by Gasteiger charge is -2.20. The molecular formula is C28H31N3O4S. The SMILES string of the molecule is CC(=O)N1CCc2cc(S(=O)(=O)NC(Cc3ccccc3)C(=O)Nc3ccc(C(C)C)cc3)ccc21. The molecular weight excluding hydrogens is 474 g/mol. The van der Waals surface area contributed by atoms with E-state index in [0.29, 0.717) is 24.6 Å². The van der Waals surface area contributed by atoms with Gasteiger partial charge < -0.3 is 10.2 Å². The molecule has 8 heteroatoms. The van der Waals surface area contributed by atoms with Crippen LogP contribution in [-0.4, -0.2) is 32.8 Å². The van der Waals surface area contributed by atoms with Crippen LogP contribution in [0.4, 0.5) is 11.4 Å². The van der Waals surface area contributed by atoms with Crippen molar-refractivity contribution in [3.8, 4) is 0 Å². The summed E-state index contributed by atoms with van der Waals surface area (Å²) >= 11 is 0. The summed E-state index contributed by atoms with van der Waals surface area (Å²) in [5.41, 5.74) is 4.10. The zero-order valence-corrected chi connectivity index (χ0v) is 21.5. The first-order valence-electron chi connectivity index (χ1n) is 12.0. The van der Waals surface area contributed by atoms with Crippen molar-refractivity contribution in [3.05, 3.63) is 89.5 Å². The molecule has 0 fully saturated rings. The van der Waals surface area contributed by atoms with Crippen LogP contribution in [-0.2, 0) is 32.5 Å². The molecule has 0 radical (unpaired) electrons. The van der Waals surface area contributed by atoms with Crippen molar-refractivity contribution < 1.29 is 18.0 Å². The first kappa shape index (κ1) is 25.6. The molecule has 2 amide bonds. The van der Waals surface area contributed by atoms with Crippen molar-refractivity contribution in [3.63, 3.8) is 0 Å². The van der Waals surface area contributed by atoms with Crippen LogP contribution in [0.2, 0.25) is 0 Å². The van der Waals surface area contributed by atoms with Gasteiger partial charge in [-0.1, -0.05) is 56.3 Å². The van der Waals surface area contributed by atoms with Crippen LogP contribution in [0, 0.1) is 0 Å². The van der Waals surface area contributed by atoms with Crippen molar-refractivity contribution in [2.24, 2.45) is 0 Å². The maximum atomic E-state index is 13.4. The van der Waals surface area contributed by atoms with Crippen LogP contribution in [0.3, 0.4) is 0 Å². The maximum absolute atomic E-state index is 13.4. The number of nitrogens with zero attached hydrogens (tertiary/aromatic N) is 1. The number of amides is 2. The van der Waals surface area contributed by atoms with Gasteiger partial charge in [-0.25, -0.2) is 8.42 Å². The molecule has 1 heterocycles. The Hall–Kier alpha value is -3.49. The fraction of sp³-hybridized carbons (Fsp3) is 0.286. The van der Waals surface area contributed by atoms with E-state index < -0.39 is 22.0 Å². The van der Waals surface area contributed by atoms with Crippen molar-refractivity contribution >= 4 is 33.2 Å². The minimum atomic E-state index is -4.01. The van der Waals surface area contributed by atoms with Crippen LogP contribution >= 0.6 is 0 Å². The van der Waals surface area contributed by atoms with Gasteiger partial charge in [0.05, 0.1) is 4.90 Å². The molecule has 0 spiro atoms. The van der Waals surface area contributed by atoms with Crippen molar-refractivity contribution in [2.75, 3.05) is 16.8 Å². The Morgan fingerprint density at radius 2 is 1.67 bits per heavy atom. The molecule has 0 saturated heterocycles. The van der Waals surface area contributed by atoms with Crippen LogP contribution < -0.4 is 14.9 Å². The van der Waals surface area contributed by atoms with E-state index in [2.05, 4.69) is 23.9 Å². The first-order valence-corrected chi connectivity index (χ1v) is 13.5. The van der Waals surface area contributed by atoms with Crippen LogP contribution in [0.5, 0.6) is 0 Å². The summed E-state index contributed by atoms with van der Waals surface area (Å²) in [6.45, 7) is 6.20. The highest BCUT2D eigenvalue weighted by Crippen LogP contribution is 2.30. The molecule has 3 aromatic rings. The van der Waals surface area contributed by atoms with Gasteiger partial charge in [-0.3, -0.25) is 9.59 Å². The Morgan fingerprint density at radius 3 is 2.31 bits per heavy atom. The Kier molecular flexibility index (Phi) is 7.56. The average Bonchev–Trinajstić information content (AvgIpc) is 3.28.